The molecule has 0 aromatic heterocycles. The highest BCUT2D eigenvalue weighted by Gasteiger charge is 2.27. The van der Waals surface area contributed by atoms with Crippen LogP contribution in [-0.4, -0.2) is 24.4 Å². The van der Waals surface area contributed by atoms with Crippen molar-refractivity contribution in [3.05, 3.63) is 35.9 Å². The third-order valence-electron chi connectivity index (χ3n) is 4.84. The van der Waals surface area contributed by atoms with E-state index in [1.807, 2.05) is 30.3 Å². The van der Waals surface area contributed by atoms with Crippen molar-refractivity contribution in [2.45, 2.75) is 57.1 Å². The zero-order valence-electron chi connectivity index (χ0n) is 13.1. The Morgan fingerprint density at radius 2 is 2.05 bits per heavy atom. The summed E-state index contributed by atoms with van der Waals surface area (Å²) < 4.78 is 6.04. The van der Waals surface area contributed by atoms with Gasteiger partial charge in [0.15, 0.2) is 0 Å². The number of benzene rings is 1. The van der Waals surface area contributed by atoms with E-state index in [1.54, 1.807) is 0 Å². The molecule has 0 heterocycles. The van der Waals surface area contributed by atoms with E-state index in [0.717, 1.165) is 11.5 Å². The molecule has 118 valence electrons. The van der Waals surface area contributed by atoms with Crippen molar-refractivity contribution in [3.8, 4) is 0 Å². The summed E-state index contributed by atoms with van der Waals surface area (Å²) in [7, 11) is 0. The second-order valence-electron chi connectivity index (χ2n) is 6.36. The van der Waals surface area contributed by atoms with Crippen LogP contribution in [0.3, 0.4) is 0 Å². The highest BCUT2D eigenvalue weighted by molar-refractivity contribution is 5.23. The number of aliphatic hydroxyl groups excluding tert-OH is 1. The summed E-state index contributed by atoms with van der Waals surface area (Å²) in [5.41, 5.74) is 6.64. The van der Waals surface area contributed by atoms with E-state index < -0.39 is 5.54 Å². The quantitative estimate of drug-likeness (QED) is 0.811. The molecule has 0 radical (unpaired) electrons. The van der Waals surface area contributed by atoms with Crippen LogP contribution in [0.5, 0.6) is 0 Å². The van der Waals surface area contributed by atoms with Gasteiger partial charge in [-0.2, -0.15) is 0 Å². The molecule has 0 amide bonds. The van der Waals surface area contributed by atoms with Gasteiger partial charge in [0.05, 0.1) is 18.2 Å². The highest BCUT2D eigenvalue weighted by Crippen LogP contribution is 2.29. The van der Waals surface area contributed by atoms with E-state index in [2.05, 4.69) is 6.92 Å². The molecule has 3 atom stereocenters. The van der Waals surface area contributed by atoms with Crippen LogP contribution in [-0.2, 0) is 10.3 Å². The smallest absolute Gasteiger partial charge is 0.0666 e. The molecule has 3 unspecified atom stereocenters. The van der Waals surface area contributed by atoms with Crippen LogP contribution >= 0.6 is 0 Å². The van der Waals surface area contributed by atoms with Gasteiger partial charge in [-0.15, -0.1) is 0 Å². The van der Waals surface area contributed by atoms with Gasteiger partial charge in [0.25, 0.3) is 0 Å². The number of rotatable bonds is 7. The van der Waals surface area contributed by atoms with E-state index in [0.29, 0.717) is 19.1 Å². The van der Waals surface area contributed by atoms with Crippen molar-refractivity contribution in [1.82, 2.24) is 0 Å². The monoisotopic (exact) mass is 291 g/mol. The van der Waals surface area contributed by atoms with Gasteiger partial charge >= 0.3 is 0 Å². The zero-order chi connectivity index (χ0) is 15.1. The molecule has 1 aromatic carbocycles. The summed E-state index contributed by atoms with van der Waals surface area (Å²) in [6, 6.07) is 9.83. The average molecular weight is 291 g/mol. The SMILES string of the molecule is CCC1CCCC(OCCC(N)(CO)c2ccccc2)C1. The molecule has 3 N–H and O–H groups in total. The minimum absolute atomic E-state index is 0.0530. The minimum Gasteiger partial charge on any atom is -0.394 e. The number of ether oxygens (including phenoxy) is 1. The van der Waals surface area contributed by atoms with E-state index >= 15 is 0 Å². The Balaban J connectivity index is 1.83. The van der Waals surface area contributed by atoms with Crippen LogP contribution in [0, 0.1) is 5.92 Å². The van der Waals surface area contributed by atoms with Gasteiger partial charge in [-0.05, 0) is 30.7 Å². The molecular formula is C18H29NO2. The lowest BCUT2D eigenvalue weighted by atomic mass is 9.85. The molecule has 2 rings (SSSR count). The molecule has 0 spiro atoms. The van der Waals surface area contributed by atoms with Crippen molar-refractivity contribution in [2.24, 2.45) is 11.7 Å². The molecule has 0 aliphatic heterocycles. The Labute approximate surface area is 128 Å². The first-order valence-corrected chi connectivity index (χ1v) is 8.25. The molecule has 1 aliphatic carbocycles. The maximum Gasteiger partial charge on any atom is 0.0666 e. The second kappa shape index (κ2) is 7.92. The molecule has 0 saturated heterocycles. The lowest BCUT2D eigenvalue weighted by molar-refractivity contribution is -0.000146. The van der Waals surface area contributed by atoms with E-state index in [-0.39, 0.29) is 6.61 Å². The molecule has 1 saturated carbocycles. The first-order chi connectivity index (χ1) is 10.2. The first kappa shape index (κ1) is 16.5. The number of nitrogens with two attached hydrogens (primary N) is 1. The normalized spacial score (nSPS) is 25.5. The third-order valence-corrected chi connectivity index (χ3v) is 4.84. The van der Waals surface area contributed by atoms with Crippen LogP contribution in [0.4, 0.5) is 0 Å². The van der Waals surface area contributed by atoms with Crippen molar-refractivity contribution in [3.63, 3.8) is 0 Å². The molecule has 3 heteroatoms. The van der Waals surface area contributed by atoms with Crippen LogP contribution in [0.2, 0.25) is 0 Å². The molecular weight excluding hydrogens is 262 g/mol. The maximum absolute atomic E-state index is 9.68. The highest BCUT2D eigenvalue weighted by atomic mass is 16.5. The Hall–Kier alpha value is -0.900. The zero-order valence-corrected chi connectivity index (χ0v) is 13.1. The summed E-state index contributed by atoms with van der Waals surface area (Å²) in [6.45, 7) is 2.83. The van der Waals surface area contributed by atoms with Crippen LogP contribution < -0.4 is 5.73 Å². The molecule has 1 aromatic rings. The van der Waals surface area contributed by atoms with Crippen molar-refractivity contribution in [1.29, 1.82) is 0 Å². The van der Waals surface area contributed by atoms with Gasteiger partial charge in [-0.3, -0.25) is 0 Å². The predicted molar refractivity (Wildman–Crippen MR) is 86.0 cm³/mol. The van der Waals surface area contributed by atoms with Crippen LogP contribution in [0.1, 0.15) is 51.0 Å². The predicted octanol–water partition coefficient (Wildman–Crippen LogP) is 3.21. The van der Waals surface area contributed by atoms with E-state index in [9.17, 15) is 5.11 Å². The Morgan fingerprint density at radius 1 is 1.29 bits per heavy atom. The first-order valence-electron chi connectivity index (χ1n) is 8.25. The van der Waals surface area contributed by atoms with Gasteiger partial charge < -0.3 is 15.6 Å². The van der Waals surface area contributed by atoms with Crippen molar-refractivity contribution >= 4 is 0 Å². The summed E-state index contributed by atoms with van der Waals surface area (Å²) in [4.78, 5) is 0. The lowest BCUT2D eigenvalue weighted by Crippen LogP contribution is -2.42. The van der Waals surface area contributed by atoms with Crippen molar-refractivity contribution < 1.29 is 9.84 Å². The van der Waals surface area contributed by atoms with Crippen LogP contribution in [0.25, 0.3) is 0 Å². The maximum atomic E-state index is 9.68. The Bertz CT molecular complexity index is 409. The van der Waals surface area contributed by atoms with Crippen LogP contribution in [0.15, 0.2) is 30.3 Å². The summed E-state index contributed by atoms with van der Waals surface area (Å²) in [5, 5.41) is 9.68. The minimum atomic E-state index is -0.694. The van der Waals surface area contributed by atoms with Gasteiger partial charge in [-0.25, -0.2) is 0 Å². The molecule has 1 fully saturated rings. The van der Waals surface area contributed by atoms with Gasteiger partial charge in [0, 0.05) is 6.61 Å². The van der Waals surface area contributed by atoms with Gasteiger partial charge in [-0.1, -0.05) is 56.5 Å². The lowest BCUT2D eigenvalue weighted by Gasteiger charge is -2.31. The molecule has 3 nitrogen and oxygen atoms in total. The Morgan fingerprint density at radius 3 is 2.71 bits per heavy atom. The van der Waals surface area contributed by atoms with Gasteiger partial charge in [0.1, 0.15) is 0 Å². The molecule has 21 heavy (non-hydrogen) atoms. The fourth-order valence-electron chi connectivity index (χ4n) is 3.26. The molecule has 1 aliphatic rings. The summed E-state index contributed by atoms with van der Waals surface area (Å²) in [6.07, 6.45) is 7.24. The van der Waals surface area contributed by atoms with Crippen molar-refractivity contribution in [2.75, 3.05) is 13.2 Å². The molecule has 0 bridgehead atoms. The third kappa shape index (κ3) is 4.53. The van der Waals surface area contributed by atoms with E-state index in [4.69, 9.17) is 10.5 Å². The number of hydrogen-bond acceptors (Lipinski definition) is 3. The number of hydrogen-bond donors (Lipinski definition) is 2. The fourth-order valence-corrected chi connectivity index (χ4v) is 3.26. The average Bonchev–Trinajstić information content (AvgIpc) is 2.55. The Kier molecular flexibility index (Phi) is 6.22. The largest absolute Gasteiger partial charge is 0.394 e. The van der Waals surface area contributed by atoms with E-state index in [1.165, 1.54) is 32.1 Å². The summed E-state index contributed by atoms with van der Waals surface area (Å²) in [5.74, 6) is 0.818. The topological polar surface area (TPSA) is 55.5 Å². The van der Waals surface area contributed by atoms with Gasteiger partial charge in [0.2, 0.25) is 0 Å². The fraction of sp³-hybridized carbons (Fsp3) is 0.667. The summed E-state index contributed by atoms with van der Waals surface area (Å²) >= 11 is 0. The second-order valence-corrected chi connectivity index (χ2v) is 6.36. The number of aliphatic hydroxyl groups is 1. The standard InChI is InChI=1S/C18H29NO2/c1-2-15-7-6-10-17(13-15)21-12-11-18(19,14-20)16-8-4-3-5-9-16/h3-5,8-9,15,17,20H,2,6-7,10-14,19H2,1H3.